The van der Waals surface area contributed by atoms with E-state index < -0.39 is 0 Å². The van der Waals surface area contributed by atoms with E-state index in [4.69, 9.17) is 9.47 Å². The maximum Gasteiger partial charge on any atom is 0.189 e. The standard InChI is InChI=1S/C9H10O2.C2H6/c1-7-3-2-4-8-5-10-6-11-9(7)8;1-2/h2-4H,5-6H2,1H3;1-2H3. The zero-order valence-corrected chi connectivity index (χ0v) is 8.46. The highest BCUT2D eigenvalue weighted by atomic mass is 16.7. The summed E-state index contributed by atoms with van der Waals surface area (Å²) in [7, 11) is 0. The lowest BCUT2D eigenvalue weighted by atomic mass is 10.1. The molecule has 1 aromatic carbocycles. The Morgan fingerprint density at radius 3 is 2.69 bits per heavy atom. The number of ether oxygens (including phenoxy) is 2. The molecule has 0 saturated carbocycles. The van der Waals surface area contributed by atoms with Gasteiger partial charge in [0.2, 0.25) is 0 Å². The Morgan fingerprint density at radius 1 is 1.23 bits per heavy atom. The van der Waals surface area contributed by atoms with E-state index in [0.717, 1.165) is 11.3 Å². The maximum atomic E-state index is 5.33. The van der Waals surface area contributed by atoms with Crippen LogP contribution in [0.5, 0.6) is 5.75 Å². The number of para-hydroxylation sites is 1. The van der Waals surface area contributed by atoms with Gasteiger partial charge in [-0.05, 0) is 12.5 Å². The quantitative estimate of drug-likeness (QED) is 0.611. The molecular formula is C11H16O2. The van der Waals surface area contributed by atoms with Crippen molar-refractivity contribution in [2.45, 2.75) is 27.4 Å². The fraction of sp³-hybridized carbons (Fsp3) is 0.455. The van der Waals surface area contributed by atoms with Crippen LogP contribution in [0.4, 0.5) is 0 Å². The molecular weight excluding hydrogens is 164 g/mol. The van der Waals surface area contributed by atoms with Crippen molar-refractivity contribution in [3.63, 3.8) is 0 Å². The van der Waals surface area contributed by atoms with E-state index in [0.29, 0.717) is 13.4 Å². The molecule has 0 fully saturated rings. The van der Waals surface area contributed by atoms with Gasteiger partial charge in [0, 0.05) is 5.56 Å². The Kier molecular flexibility index (Phi) is 3.77. The first-order valence-corrected chi connectivity index (χ1v) is 4.67. The lowest BCUT2D eigenvalue weighted by Gasteiger charge is -2.18. The highest BCUT2D eigenvalue weighted by Crippen LogP contribution is 2.26. The van der Waals surface area contributed by atoms with Gasteiger partial charge in [-0.3, -0.25) is 0 Å². The molecule has 0 radical (unpaired) electrons. The van der Waals surface area contributed by atoms with Crippen LogP contribution in [-0.4, -0.2) is 6.79 Å². The van der Waals surface area contributed by atoms with Crippen LogP contribution < -0.4 is 4.74 Å². The van der Waals surface area contributed by atoms with Gasteiger partial charge in [-0.1, -0.05) is 32.0 Å². The monoisotopic (exact) mass is 180 g/mol. The Balaban J connectivity index is 0.000000396. The van der Waals surface area contributed by atoms with Crippen LogP contribution in [0.25, 0.3) is 0 Å². The van der Waals surface area contributed by atoms with Crippen LogP contribution in [0, 0.1) is 6.92 Å². The normalized spacial score (nSPS) is 13.5. The van der Waals surface area contributed by atoms with Gasteiger partial charge in [-0.15, -0.1) is 0 Å². The van der Waals surface area contributed by atoms with Crippen LogP contribution in [-0.2, 0) is 11.3 Å². The second-order valence-corrected chi connectivity index (χ2v) is 2.67. The first-order chi connectivity index (χ1) is 6.38. The third kappa shape index (κ3) is 2.22. The van der Waals surface area contributed by atoms with Gasteiger partial charge >= 0.3 is 0 Å². The topological polar surface area (TPSA) is 18.5 Å². The summed E-state index contributed by atoms with van der Waals surface area (Å²) in [4.78, 5) is 0. The minimum atomic E-state index is 0.387. The molecule has 13 heavy (non-hydrogen) atoms. The molecule has 0 bridgehead atoms. The smallest absolute Gasteiger partial charge is 0.189 e. The summed E-state index contributed by atoms with van der Waals surface area (Å²) in [5.74, 6) is 0.999. The lowest BCUT2D eigenvalue weighted by Crippen LogP contribution is -2.11. The molecule has 1 aromatic rings. The average Bonchev–Trinajstić information content (AvgIpc) is 2.22. The molecule has 0 N–H and O–H groups in total. The van der Waals surface area contributed by atoms with Crippen molar-refractivity contribution in [1.29, 1.82) is 0 Å². The van der Waals surface area contributed by atoms with Gasteiger partial charge in [0.05, 0.1) is 6.61 Å². The van der Waals surface area contributed by atoms with Gasteiger partial charge in [0.25, 0.3) is 0 Å². The van der Waals surface area contributed by atoms with Crippen molar-refractivity contribution in [1.82, 2.24) is 0 Å². The second kappa shape index (κ2) is 4.87. The van der Waals surface area contributed by atoms with Crippen molar-refractivity contribution in [3.8, 4) is 5.75 Å². The SMILES string of the molecule is CC.Cc1cccc2c1OCOC2. The highest BCUT2D eigenvalue weighted by Gasteiger charge is 2.10. The van der Waals surface area contributed by atoms with Crippen molar-refractivity contribution in [3.05, 3.63) is 29.3 Å². The molecule has 0 aliphatic carbocycles. The van der Waals surface area contributed by atoms with E-state index in [1.54, 1.807) is 0 Å². The Hall–Kier alpha value is -1.02. The van der Waals surface area contributed by atoms with Crippen molar-refractivity contribution in [2.24, 2.45) is 0 Å². The summed E-state index contributed by atoms with van der Waals surface area (Å²) < 4.78 is 10.5. The van der Waals surface area contributed by atoms with E-state index in [1.165, 1.54) is 5.56 Å². The number of benzene rings is 1. The molecule has 0 unspecified atom stereocenters. The molecule has 1 aliphatic heterocycles. The summed E-state index contributed by atoms with van der Waals surface area (Å²) in [6.45, 7) is 7.11. The van der Waals surface area contributed by atoms with Gasteiger partial charge in [-0.2, -0.15) is 0 Å². The number of rotatable bonds is 0. The Labute approximate surface area is 79.5 Å². The lowest BCUT2D eigenvalue weighted by molar-refractivity contribution is -0.0168. The van der Waals surface area contributed by atoms with E-state index in [1.807, 2.05) is 39.0 Å². The van der Waals surface area contributed by atoms with Crippen LogP contribution in [0.2, 0.25) is 0 Å². The first kappa shape index (κ1) is 10.1. The minimum absolute atomic E-state index is 0.387. The number of fused-ring (bicyclic) bond motifs is 1. The molecule has 2 nitrogen and oxygen atoms in total. The predicted octanol–water partition coefficient (Wildman–Crippen LogP) is 2.89. The number of hydrogen-bond donors (Lipinski definition) is 0. The summed E-state index contributed by atoms with van der Waals surface area (Å²) in [6, 6.07) is 6.10. The van der Waals surface area contributed by atoms with Crippen LogP contribution in [0.15, 0.2) is 18.2 Å². The Bertz CT molecular complexity index is 269. The van der Waals surface area contributed by atoms with Crippen molar-refractivity contribution in [2.75, 3.05) is 6.79 Å². The van der Waals surface area contributed by atoms with Gasteiger partial charge in [-0.25, -0.2) is 0 Å². The van der Waals surface area contributed by atoms with Gasteiger partial charge in [0.15, 0.2) is 6.79 Å². The molecule has 2 rings (SSSR count). The summed E-state index contributed by atoms with van der Waals surface area (Å²) >= 11 is 0. The molecule has 0 spiro atoms. The van der Waals surface area contributed by atoms with Gasteiger partial charge in [0.1, 0.15) is 5.75 Å². The summed E-state index contributed by atoms with van der Waals surface area (Å²) in [6.07, 6.45) is 0. The van der Waals surface area contributed by atoms with Crippen LogP contribution in [0.1, 0.15) is 25.0 Å². The average molecular weight is 180 g/mol. The predicted molar refractivity (Wildman–Crippen MR) is 52.8 cm³/mol. The number of aryl methyl sites for hydroxylation is 1. The summed E-state index contributed by atoms with van der Waals surface area (Å²) in [5.41, 5.74) is 2.34. The van der Waals surface area contributed by atoms with E-state index in [9.17, 15) is 0 Å². The third-order valence-corrected chi connectivity index (χ3v) is 1.84. The molecule has 1 aliphatic rings. The molecule has 0 atom stereocenters. The second-order valence-electron chi connectivity index (χ2n) is 2.67. The minimum Gasteiger partial charge on any atom is -0.467 e. The van der Waals surface area contributed by atoms with Crippen molar-refractivity contribution < 1.29 is 9.47 Å². The molecule has 1 heterocycles. The van der Waals surface area contributed by atoms with Crippen LogP contribution >= 0.6 is 0 Å². The zero-order chi connectivity index (χ0) is 9.68. The summed E-state index contributed by atoms with van der Waals surface area (Å²) in [5, 5.41) is 0. The van der Waals surface area contributed by atoms with E-state index in [2.05, 4.69) is 0 Å². The fourth-order valence-electron chi connectivity index (χ4n) is 1.29. The first-order valence-electron chi connectivity index (χ1n) is 4.67. The third-order valence-electron chi connectivity index (χ3n) is 1.84. The number of hydrogen-bond acceptors (Lipinski definition) is 2. The zero-order valence-electron chi connectivity index (χ0n) is 8.46. The molecule has 72 valence electrons. The maximum absolute atomic E-state index is 5.33. The fourth-order valence-corrected chi connectivity index (χ4v) is 1.29. The molecule has 0 aromatic heterocycles. The molecule has 0 amide bonds. The van der Waals surface area contributed by atoms with E-state index >= 15 is 0 Å². The Morgan fingerprint density at radius 2 is 2.00 bits per heavy atom. The molecule has 0 saturated heterocycles. The highest BCUT2D eigenvalue weighted by molar-refractivity contribution is 5.40. The largest absolute Gasteiger partial charge is 0.467 e. The van der Waals surface area contributed by atoms with Gasteiger partial charge < -0.3 is 9.47 Å². The van der Waals surface area contributed by atoms with E-state index in [-0.39, 0.29) is 0 Å². The van der Waals surface area contributed by atoms with Crippen LogP contribution in [0.3, 0.4) is 0 Å². The molecule has 2 heteroatoms. The van der Waals surface area contributed by atoms with Crippen molar-refractivity contribution >= 4 is 0 Å².